The highest BCUT2D eigenvalue weighted by atomic mass is 14.9. The molecule has 0 amide bonds. The summed E-state index contributed by atoms with van der Waals surface area (Å²) < 4.78 is 0. The number of benzene rings is 2. The molecule has 0 spiro atoms. The smallest absolute Gasteiger partial charge is 0.0405 e. The summed E-state index contributed by atoms with van der Waals surface area (Å²) in [6.07, 6.45) is 6.63. The highest BCUT2D eigenvalue weighted by molar-refractivity contribution is 5.58. The van der Waals surface area contributed by atoms with E-state index in [-0.39, 0.29) is 0 Å². The highest BCUT2D eigenvalue weighted by Crippen LogP contribution is 2.23. The van der Waals surface area contributed by atoms with Crippen LogP contribution in [0.2, 0.25) is 0 Å². The van der Waals surface area contributed by atoms with Crippen LogP contribution in [-0.2, 0) is 25.7 Å². The Kier molecular flexibility index (Phi) is 10.6. The number of para-hydroxylation sites is 2. The summed E-state index contributed by atoms with van der Waals surface area (Å²) in [5.74, 6) is 0. The molecule has 0 radical (unpaired) electrons. The molecule has 2 aromatic rings. The Hall–Kier alpha value is -2.00. The van der Waals surface area contributed by atoms with Gasteiger partial charge in [-0.25, -0.2) is 0 Å². The van der Waals surface area contributed by atoms with E-state index >= 15 is 0 Å². The van der Waals surface area contributed by atoms with Gasteiger partial charge < -0.3 is 16.0 Å². The van der Waals surface area contributed by atoms with E-state index in [1.807, 2.05) is 0 Å². The molecule has 2 aromatic carbocycles. The molecule has 29 heavy (non-hydrogen) atoms. The molecule has 0 heterocycles. The summed E-state index contributed by atoms with van der Waals surface area (Å²) in [7, 11) is 0. The Labute approximate surface area is 178 Å². The van der Waals surface area contributed by atoms with Gasteiger partial charge in [-0.3, -0.25) is 0 Å². The van der Waals surface area contributed by atoms with Crippen molar-refractivity contribution in [3.05, 3.63) is 58.7 Å². The van der Waals surface area contributed by atoms with E-state index in [1.165, 1.54) is 33.6 Å². The number of aryl methyl sites for hydroxylation is 4. The van der Waals surface area contributed by atoms with Crippen LogP contribution in [0.15, 0.2) is 36.4 Å². The average molecular weight is 396 g/mol. The number of nitrogens with one attached hydrogen (secondary N) is 3. The molecule has 0 atom stereocenters. The zero-order chi connectivity index (χ0) is 20.9. The topological polar surface area (TPSA) is 36.1 Å². The molecule has 0 saturated heterocycles. The second-order valence-corrected chi connectivity index (χ2v) is 7.63. The fraction of sp³-hybridized carbons (Fsp3) is 0.538. The SMILES string of the molecule is CCc1cccc(CC)c1NCCCNCCCNc1c(CC)cccc1CC. The summed E-state index contributed by atoms with van der Waals surface area (Å²) in [4.78, 5) is 0. The minimum absolute atomic E-state index is 1.03. The molecule has 0 fully saturated rings. The molecule has 0 aromatic heterocycles. The van der Waals surface area contributed by atoms with Crippen molar-refractivity contribution in [3.63, 3.8) is 0 Å². The lowest BCUT2D eigenvalue weighted by molar-refractivity contribution is 0.642. The van der Waals surface area contributed by atoms with Gasteiger partial charge in [0.2, 0.25) is 0 Å². The molecule has 0 aliphatic rings. The van der Waals surface area contributed by atoms with Crippen LogP contribution in [0.4, 0.5) is 11.4 Å². The quantitative estimate of drug-likeness (QED) is 0.352. The van der Waals surface area contributed by atoms with Crippen LogP contribution in [0.25, 0.3) is 0 Å². The van der Waals surface area contributed by atoms with Crippen LogP contribution < -0.4 is 16.0 Å². The number of rotatable bonds is 14. The molecule has 160 valence electrons. The van der Waals surface area contributed by atoms with E-state index in [4.69, 9.17) is 0 Å². The van der Waals surface area contributed by atoms with Crippen molar-refractivity contribution in [1.82, 2.24) is 5.32 Å². The molecule has 0 aliphatic heterocycles. The normalized spacial score (nSPS) is 10.9. The molecule has 0 saturated carbocycles. The first-order valence-corrected chi connectivity index (χ1v) is 11.6. The zero-order valence-electron chi connectivity index (χ0n) is 19.0. The number of hydrogen-bond acceptors (Lipinski definition) is 3. The van der Waals surface area contributed by atoms with Crippen LogP contribution in [0.5, 0.6) is 0 Å². The van der Waals surface area contributed by atoms with Crippen LogP contribution >= 0.6 is 0 Å². The van der Waals surface area contributed by atoms with Gasteiger partial charge in [-0.05, 0) is 73.9 Å². The second kappa shape index (κ2) is 13.3. The molecular weight excluding hydrogens is 354 g/mol. The lowest BCUT2D eigenvalue weighted by Gasteiger charge is -2.16. The first-order chi connectivity index (χ1) is 14.2. The van der Waals surface area contributed by atoms with Crippen molar-refractivity contribution < 1.29 is 0 Å². The lowest BCUT2D eigenvalue weighted by atomic mass is 10.0. The summed E-state index contributed by atoms with van der Waals surface area (Å²) >= 11 is 0. The van der Waals surface area contributed by atoms with Crippen LogP contribution in [0, 0.1) is 0 Å². The van der Waals surface area contributed by atoms with Gasteiger partial charge in [-0.15, -0.1) is 0 Å². The van der Waals surface area contributed by atoms with Gasteiger partial charge in [0.05, 0.1) is 0 Å². The van der Waals surface area contributed by atoms with Gasteiger partial charge in [-0.1, -0.05) is 64.1 Å². The maximum absolute atomic E-state index is 3.68. The molecule has 0 aliphatic carbocycles. The highest BCUT2D eigenvalue weighted by Gasteiger charge is 2.06. The molecule has 2 rings (SSSR count). The maximum Gasteiger partial charge on any atom is 0.0405 e. The standard InChI is InChI=1S/C26H41N3/c1-5-21-13-9-14-22(6-2)25(21)28-19-11-17-27-18-12-20-29-26-23(7-3)15-10-16-24(26)8-4/h9-10,13-16,27-29H,5-8,11-12,17-20H2,1-4H3. The Morgan fingerprint density at radius 2 is 0.862 bits per heavy atom. The van der Waals surface area contributed by atoms with Gasteiger partial charge in [0.15, 0.2) is 0 Å². The zero-order valence-corrected chi connectivity index (χ0v) is 19.0. The largest absolute Gasteiger partial charge is 0.385 e. The van der Waals surface area contributed by atoms with Crippen molar-refractivity contribution in [2.75, 3.05) is 36.8 Å². The fourth-order valence-corrected chi connectivity index (χ4v) is 3.92. The summed E-state index contributed by atoms with van der Waals surface area (Å²) in [6.45, 7) is 13.1. The third-order valence-electron chi connectivity index (χ3n) is 5.66. The van der Waals surface area contributed by atoms with Gasteiger partial charge in [0, 0.05) is 24.5 Å². The Bertz CT molecular complexity index is 618. The maximum atomic E-state index is 3.68. The first kappa shape index (κ1) is 23.3. The van der Waals surface area contributed by atoms with E-state index in [0.29, 0.717) is 0 Å². The van der Waals surface area contributed by atoms with E-state index < -0.39 is 0 Å². The Balaban J connectivity index is 1.63. The van der Waals surface area contributed by atoms with Crippen molar-refractivity contribution in [2.24, 2.45) is 0 Å². The molecule has 3 N–H and O–H groups in total. The molecular formula is C26H41N3. The van der Waals surface area contributed by atoms with Gasteiger partial charge in [-0.2, -0.15) is 0 Å². The molecule has 0 unspecified atom stereocenters. The Morgan fingerprint density at radius 3 is 1.17 bits per heavy atom. The third kappa shape index (κ3) is 7.08. The van der Waals surface area contributed by atoms with Crippen LogP contribution in [0.1, 0.15) is 62.8 Å². The summed E-state index contributed by atoms with van der Waals surface area (Å²) in [5, 5.41) is 11.0. The first-order valence-electron chi connectivity index (χ1n) is 11.6. The van der Waals surface area contributed by atoms with Crippen molar-refractivity contribution in [2.45, 2.75) is 66.2 Å². The van der Waals surface area contributed by atoms with Crippen LogP contribution in [-0.4, -0.2) is 26.2 Å². The Morgan fingerprint density at radius 1 is 0.517 bits per heavy atom. The van der Waals surface area contributed by atoms with E-state index in [2.05, 4.69) is 80.0 Å². The lowest BCUT2D eigenvalue weighted by Crippen LogP contribution is -2.21. The average Bonchev–Trinajstić information content (AvgIpc) is 2.77. The van der Waals surface area contributed by atoms with Crippen molar-refractivity contribution in [3.8, 4) is 0 Å². The predicted molar refractivity (Wildman–Crippen MR) is 129 cm³/mol. The number of anilines is 2. The van der Waals surface area contributed by atoms with Gasteiger partial charge in [0.1, 0.15) is 0 Å². The van der Waals surface area contributed by atoms with Crippen molar-refractivity contribution in [1.29, 1.82) is 0 Å². The molecule has 0 bridgehead atoms. The van der Waals surface area contributed by atoms with E-state index in [9.17, 15) is 0 Å². The second-order valence-electron chi connectivity index (χ2n) is 7.63. The number of hydrogen-bond donors (Lipinski definition) is 3. The van der Waals surface area contributed by atoms with Gasteiger partial charge >= 0.3 is 0 Å². The van der Waals surface area contributed by atoms with E-state index in [0.717, 1.165) is 64.7 Å². The fourth-order valence-electron chi connectivity index (χ4n) is 3.92. The molecule has 3 nitrogen and oxygen atoms in total. The predicted octanol–water partition coefficient (Wildman–Crippen LogP) is 5.83. The van der Waals surface area contributed by atoms with E-state index in [1.54, 1.807) is 0 Å². The van der Waals surface area contributed by atoms with Crippen molar-refractivity contribution >= 4 is 11.4 Å². The third-order valence-corrected chi connectivity index (χ3v) is 5.66. The molecule has 3 heteroatoms. The minimum Gasteiger partial charge on any atom is -0.385 e. The minimum atomic E-state index is 1.03. The monoisotopic (exact) mass is 395 g/mol. The van der Waals surface area contributed by atoms with Gasteiger partial charge in [0.25, 0.3) is 0 Å². The summed E-state index contributed by atoms with van der Waals surface area (Å²) in [6, 6.07) is 13.3. The summed E-state index contributed by atoms with van der Waals surface area (Å²) in [5.41, 5.74) is 8.46. The van der Waals surface area contributed by atoms with Crippen LogP contribution in [0.3, 0.4) is 0 Å².